The van der Waals surface area contributed by atoms with Crippen molar-refractivity contribution < 1.29 is 9.53 Å². The van der Waals surface area contributed by atoms with Crippen LogP contribution in [0.3, 0.4) is 0 Å². The van der Waals surface area contributed by atoms with Crippen LogP contribution in [0, 0.1) is 5.92 Å². The Hall–Kier alpha value is -2.38. The lowest BCUT2D eigenvalue weighted by Gasteiger charge is -2.38. The standard InChI is InChI=1S/C21H26ClN5O2/c1-14(2)11-17-21(28)27(12-15-3-5-16(22)6-4-15)18-19(25-17)23-13-24-20(18)26-7-9-29-10-8-26/h3-6,13-14,17H,7-12H2,1-2H3,(H,23,24,25). The average molecular weight is 416 g/mol. The highest BCUT2D eigenvalue weighted by Gasteiger charge is 2.37. The maximum absolute atomic E-state index is 13.5. The molecule has 0 bridgehead atoms. The van der Waals surface area contributed by atoms with Gasteiger partial charge in [0.05, 0.1) is 19.8 Å². The molecule has 1 amide bonds. The number of hydrogen-bond donors (Lipinski definition) is 1. The Balaban J connectivity index is 1.74. The summed E-state index contributed by atoms with van der Waals surface area (Å²) in [5.41, 5.74) is 1.75. The summed E-state index contributed by atoms with van der Waals surface area (Å²) in [7, 11) is 0. The summed E-state index contributed by atoms with van der Waals surface area (Å²) in [5.74, 6) is 1.92. The molecule has 29 heavy (non-hydrogen) atoms. The molecule has 1 aromatic heterocycles. The number of rotatable bonds is 5. The lowest BCUT2D eigenvalue weighted by Crippen LogP contribution is -2.49. The lowest BCUT2D eigenvalue weighted by atomic mass is 10.00. The third kappa shape index (κ3) is 4.31. The number of ether oxygens (including phenoxy) is 1. The smallest absolute Gasteiger partial charge is 0.250 e. The number of benzene rings is 1. The quantitative estimate of drug-likeness (QED) is 0.807. The largest absolute Gasteiger partial charge is 0.378 e. The van der Waals surface area contributed by atoms with Crippen molar-refractivity contribution in [3.63, 3.8) is 0 Å². The maximum Gasteiger partial charge on any atom is 0.250 e. The molecule has 1 N–H and O–H groups in total. The van der Waals surface area contributed by atoms with Crippen molar-refractivity contribution in [2.75, 3.05) is 41.4 Å². The summed E-state index contributed by atoms with van der Waals surface area (Å²) >= 11 is 6.04. The van der Waals surface area contributed by atoms with Crippen molar-refractivity contribution in [1.82, 2.24) is 9.97 Å². The van der Waals surface area contributed by atoms with Gasteiger partial charge in [0, 0.05) is 18.1 Å². The molecule has 8 heteroatoms. The van der Waals surface area contributed by atoms with Crippen molar-refractivity contribution in [2.24, 2.45) is 5.92 Å². The number of hydrogen-bond acceptors (Lipinski definition) is 6. The van der Waals surface area contributed by atoms with Crippen molar-refractivity contribution in [3.05, 3.63) is 41.2 Å². The Bertz CT molecular complexity index is 868. The second kappa shape index (κ2) is 8.55. The van der Waals surface area contributed by atoms with Gasteiger partial charge < -0.3 is 15.0 Å². The van der Waals surface area contributed by atoms with Crippen LogP contribution in [-0.4, -0.2) is 48.2 Å². The van der Waals surface area contributed by atoms with Gasteiger partial charge in [0.1, 0.15) is 18.1 Å². The molecule has 1 saturated heterocycles. The van der Waals surface area contributed by atoms with Crippen LogP contribution in [0.25, 0.3) is 0 Å². The van der Waals surface area contributed by atoms with E-state index in [0.29, 0.717) is 36.5 Å². The number of nitrogens with one attached hydrogen (secondary N) is 1. The van der Waals surface area contributed by atoms with E-state index < -0.39 is 0 Å². The molecule has 4 rings (SSSR count). The monoisotopic (exact) mass is 415 g/mol. The summed E-state index contributed by atoms with van der Waals surface area (Å²) in [4.78, 5) is 26.5. The molecule has 7 nitrogen and oxygen atoms in total. The summed E-state index contributed by atoms with van der Waals surface area (Å²) in [5, 5.41) is 4.04. The number of amides is 1. The summed E-state index contributed by atoms with van der Waals surface area (Å²) in [6.07, 6.45) is 2.31. The summed E-state index contributed by atoms with van der Waals surface area (Å²) < 4.78 is 5.49. The van der Waals surface area contributed by atoms with E-state index in [1.165, 1.54) is 0 Å². The van der Waals surface area contributed by atoms with Crippen LogP contribution < -0.4 is 15.1 Å². The van der Waals surface area contributed by atoms with E-state index in [-0.39, 0.29) is 11.9 Å². The zero-order valence-electron chi connectivity index (χ0n) is 16.8. The maximum atomic E-state index is 13.5. The second-order valence-corrected chi connectivity index (χ2v) is 8.31. The van der Waals surface area contributed by atoms with Gasteiger partial charge in [0.25, 0.3) is 0 Å². The Labute approximate surface area is 176 Å². The average Bonchev–Trinajstić information content (AvgIpc) is 2.72. The normalized spacial score (nSPS) is 19.3. The van der Waals surface area contributed by atoms with Crippen LogP contribution in [0.15, 0.2) is 30.6 Å². The van der Waals surface area contributed by atoms with Crippen LogP contribution in [-0.2, 0) is 16.1 Å². The van der Waals surface area contributed by atoms with Gasteiger partial charge in [-0.15, -0.1) is 0 Å². The molecule has 0 saturated carbocycles. The van der Waals surface area contributed by atoms with Crippen LogP contribution in [0.1, 0.15) is 25.8 Å². The Morgan fingerprint density at radius 2 is 1.93 bits per heavy atom. The molecule has 1 aromatic carbocycles. The molecule has 0 spiro atoms. The first-order chi connectivity index (χ1) is 14.0. The predicted octanol–water partition coefficient (Wildman–Crippen LogP) is 3.34. The van der Waals surface area contributed by atoms with E-state index in [4.69, 9.17) is 16.3 Å². The number of aromatic nitrogens is 2. The summed E-state index contributed by atoms with van der Waals surface area (Å²) in [6, 6.07) is 7.29. The number of carbonyl (C=O) groups is 1. The number of carbonyl (C=O) groups excluding carboxylic acids is 1. The molecule has 1 atom stereocenters. The summed E-state index contributed by atoms with van der Waals surface area (Å²) in [6.45, 7) is 7.45. The number of anilines is 3. The first-order valence-corrected chi connectivity index (χ1v) is 10.4. The zero-order chi connectivity index (χ0) is 20.4. The number of morpholine rings is 1. The van der Waals surface area contributed by atoms with Gasteiger partial charge in [-0.05, 0) is 30.0 Å². The number of fused-ring (bicyclic) bond motifs is 1. The van der Waals surface area contributed by atoms with Crippen LogP contribution in [0.5, 0.6) is 0 Å². The van der Waals surface area contributed by atoms with Crippen molar-refractivity contribution in [2.45, 2.75) is 32.9 Å². The van der Waals surface area contributed by atoms with Crippen LogP contribution in [0.2, 0.25) is 5.02 Å². The van der Waals surface area contributed by atoms with E-state index in [1.54, 1.807) is 6.33 Å². The van der Waals surface area contributed by atoms with E-state index in [1.807, 2.05) is 29.2 Å². The molecule has 3 heterocycles. The topological polar surface area (TPSA) is 70.6 Å². The molecule has 2 aromatic rings. The third-order valence-corrected chi connectivity index (χ3v) is 5.47. The van der Waals surface area contributed by atoms with E-state index in [0.717, 1.165) is 36.6 Å². The van der Waals surface area contributed by atoms with Crippen molar-refractivity contribution in [3.8, 4) is 0 Å². The van der Waals surface area contributed by atoms with E-state index in [2.05, 4.69) is 34.0 Å². The van der Waals surface area contributed by atoms with E-state index in [9.17, 15) is 4.79 Å². The Morgan fingerprint density at radius 1 is 1.21 bits per heavy atom. The van der Waals surface area contributed by atoms with E-state index >= 15 is 0 Å². The van der Waals surface area contributed by atoms with Crippen molar-refractivity contribution >= 4 is 34.8 Å². The molecule has 0 radical (unpaired) electrons. The fourth-order valence-corrected chi connectivity index (χ4v) is 3.94. The van der Waals surface area contributed by atoms with Gasteiger partial charge in [-0.3, -0.25) is 9.69 Å². The fourth-order valence-electron chi connectivity index (χ4n) is 3.82. The minimum atomic E-state index is -0.303. The second-order valence-electron chi connectivity index (χ2n) is 7.87. The minimum Gasteiger partial charge on any atom is -0.378 e. The van der Waals surface area contributed by atoms with Crippen LogP contribution >= 0.6 is 11.6 Å². The molecular formula is C21H26ClN5O2. The van der Waals surface area contributed by atoms with Gasteiger partial charge in [-0.1, -0.05) is 37.6 Å². The molecule has 2 aliphatic heterocycles. The SMILES string of the molecule is CC(C)CC1Nc2ncnc(N3CCOCC3)c2N(Cc2ccc(Cl)cc2)C1=O. The molecule has 154 valence electrons. The molecule has 0 aliphatic carbocycles. The van der Waals surface area contributed by atoms with Gasteiger partial charge in [0.15, 0.2) is 11.6 Å². The van der Waals surface area contributed by atoms with Gasteiger partial charge >= 0.3 is 0 Å². The Morgan fingerprint density at radius 3 is 2.62 bits per heavy atom. The highest BCUT2D eigenvalue weighted by Crippen LogP contribution is 2.39. The predicted molar refractivity (Wildman–Crippen MR) is 115 cm³/mol. The third-order valence-electron chi connectivity index (χ3n) is 5.22. The fraction of sp³-hybridized carbons (Fsp3) is 0.476. The lowest BCUT2D eigenvalue weighted by molar-refractivity contribution is -0.120. The Kier molecular flexibility index (Phi) is 5.87. The molecular weight excluding hydrogens is 390 g/mol. The zero-order valence-corrected chi connectivity index (χ0v) is 17.5. The number of nitrogens with zero attached hydrogens (tertiary/aromatic N) is 4. The first-order valence-electron chi connectivity index (χ1n) is 10.0. The van der Waals surface area contributed by atoms with Crippen LogP contribution in [0.4, 0.5) is 17.3 Å². The first kappa shape index (κ1) is 19.9. The number of halogens is 1. The molecule has 1 unspecified atom stereocenters. The van der Waals surface area contributed by atoms with Gasteiger partial charge in [0.2, 0.25) is 5.91 Å². The van der Waals surface area contributed by atoms with Gasteiger partial charge in [-0.25, -0.2) is 9.97 Å². The molecule has 1 fully saturated rings. The minimum absolute atomic E-state index is 0.0467. The molecule has 2 aliphatic rings. The van der Waals surface area contributed by atoms with Gasteiger partial charge in [-0.2, -0.15) is 0 Å². The van der Waals surface area contributed by atoms with Crippen molar-refractivity contribution in [1.29, 1.82) is 0 Å². The highest BCUT2D eigenvalue weighted by atomic mass is 35.5. The highest BCUT2D eigenvalue weighted by molar-refractivity contribution is 6.30.